The second-order valence-corrected chi connectivity index (χ2v) is 9.17. The number of piperazine rings is 1. The third kappa shape index (κ3) is 6.08. The van der Waals surface area contributed by atoms with Gasteiger partial charge in [-0.1, -0.05) is 70.2 Å². The fraction of sp³-hybridized carbons (Fsp3) is 0.375. The highest BCUT2D eigenvalue weighted by atomic mass is 16.5. The summed E-state index contributed by atoms with van der Waals surface area (Å²) in [5.41, 5.74) is 4.38. The summed E-state index contributed by atoms with van der Waals surface area (Å²) in [4.78, 5) is 22.6. The van der Waals surface area contributed by atoms with Gasteiger partial charge in [0.1, 0.15) is 11.5 Å². The van der Waals surface area contributed by atoms with E-state index in [1.54, 1.807) is 0 Å². The van der Waals surface area contributed by atoms with Crippen molar-refractivity contribution in [2.24, 2.45) is 0 Å². The molecule has 6 nitrogen and oxygen atoms in total. The number of carbonyl (C=O) groups is 1. The average Bonchev–Trinajstić information content (AvgIpc) is 3.40. The van der Waals surface area contributed by atoms with Gasteiger partial charge in [-0.25, -0.2) is 4.98 Å². The van der Waals surface area contributed by atoms with Crippen LogP contribution in [0.4, 0.5) is 5.69 Å². The summed E-state index contributed by atoms with van der Waals surface area (Å²) in [5, 5.41) is 0. The molecular formula is C32H40N4O2. The lowest BCUT2D eigenvalue weighted by Gasteiger charge is -2.41. The van der Waals surface area contributed by atoms with Gasteiger partial charge < -0.3 is 14.2 Å². The molecule has 2 bridgehead atoms. The number of para-hydroxylation sites is 2. The van der Waals surface area contributed by atoms with Crippen LogP contribution in [-0.2, 0) is 24.3 Å². The number of hydrogen-bond acceptors (Lipinski definition) is 4. The van der Waals surface area contributed by atoms with Crippen molar-refractivity contribution in [2.45, 2.75) is 66.1 Å². The third-order valence-corrected chi connectivity index (χ3v) is 6.96. The van der Waals surface area contributed by atoms with Crippen molar-refractivity contribution in [1.82, 2.24) is 14.5 Å². The summed E-state index contributed by atoms with van der Waals surface area (Å²) in [6, 6.07) is 17.9. The van der Waals surface area contributed by atoms with Gasteiger partial charge in [0.05, 0.1) is 18.1 Å². The van der Waals surface area contributed by atoms with Gasteiger partial charge in [0.25, 0.3) is 0 Å². The number of imidazole rings is 1. The van der Waals surface area contributed by atoms with E-state index in [4.69, 9.17) is 4.74 Å². The Balaban J connectivity index is 0.000000804. The van der Waals surface area contributed by atoms with Crippen molar-refractivity contribution >= 4 is 11.6 Å². The van der Waals surface area contributed by atoms with Crippen LogP contribution in [0.2, 0.25) is 0 Å². The number of aromatic nitrogens is 2. The number of allylic oxidation sites excluding steroid dienone is 4. The first-order chi connectivity index (χ1) is 18.7. The van der Waals surface area contributed by atoms with Crippen molar-refractivity contribution in [3.63, 3.8) is 0 Å². The lowest BCUT2D eigenvalue weighted by atomic mass is 9.99. The molecule has 1 fully saturated rings. The highest BCUT2D eigenvalue weighted by Gasteiger charge is 2.36. The van der Waals surface area contributed by atoms with Crippen LogP contribution in [0, 0.1) is 0 Å². The van der Waals surface area contributed by atoms with E-state index in [1.165, 1.54) is 5.57 Å². The van der Waals surface area contributed by atoms with Crippen molar-refractivity contribution in [3.05, 3.63) is 102 Å². The van der Waals surface area contributed by atoms with Gasteiger partial charge in [-0.15, -0.1) is 0 Å². The van der Waals surface area contributed by atoms with E-state index in [0.29, 0.717) is 19.5 Å². The van der Waals surface area contributed by atoms with Gasteiger partial charge in [-0.3, -0.25) is 9.69 Å². The summed E-state index contributed by atoms with van der Waals surface area (Å²) in [7, 11) is 0. The first kappa shape index (κ1) is 27.4. The Morgan fingerprint density at radius 2 is 1.68 bits per heavy atom. The molecule has 2 aromatic carbocycles. The average molecular weight is 513 g/mol. The van der Waals surface area contributed by atoms with Crippen LogP contribution in [0.15, 0.2) is 90.6 Å². The number of carbonyl (C=O) groups excluding carboxylic acids is 1. The Kier molecular flexibility index (Phi) is 9.55. The molecule has 1 unspecified atom stereocenters. The second kappa shape index (κ2) is 13.2. The standard InChI is InChI=1S/C28H28N4O2.2C2H6/c33-28-26-16-22-8-4-5-12-27(22)34-25-11-6-7-21(15-25)18-31-20-29-17-24(31)19-30(26)13-14-32(28)23-9-2-1-3-10-23;2*1-2/h1-5,7-10,12,15,17,20,26H,6,11,13-14,16,18-19H2;2*1-2H3. The highest BCUT2D eigenvalue weighted by molar-refractivity contribution is 5.98. The molecule has 3 aliphatic rings. The number of anilines is 1. The van der Waals surface area contributed by atoms with E-state index in [-0.39, 0.29) is 11.9 Å². The van der Waals surface area contributed by atoms with Crippen LogP contribution in [0.25, 0.3) is 0 Å². The number of ether oxygens (including phenoxy) is 1. The normalized spacial score (nSPS) is 19.0. The number of rotatable bonds is 1. The molecule has 1 aliphatic carbocycles. The Hall–Kier alpha value is -3.64. The fourth-order valence-electron chi connectivity index (χ4n) is 5.18. The van der Waals surface area contributed by atoms with E-state index in [0.717, 1.165) is 54.4 Å². The van der Waals surface area contributed by atoms with Crippen LogP contribution >= 0.6 is 0 Å². The van der Waals surface area contributed by atoms with Gasteiger partial charge in [-0.05, 0) is 41.8 Å². The van der Waals surface area contributed by atoms with Gasteiger partial charge in [-0.2, -0.15) is 0 Å². The molecule has 0 N–H and O–H groups in total. The Labute approximate surface area is 227 Å². The number of fused-ring (bicyclic) bond motifs is 4. The van der Waals surface area contributed by atoms with Crippen molar-refractivity contribution in [2.75, 3.05) is 18.0 Å². The minimum absolute atomic E-state index is 0.133. The van der Waals surface area contributed by atoms with Crippen LogP contribution in [-0.4, -0.2) is 39.5 Å². The molecule has 6 rings (SSSR count). The summed E-state index contributed by atoms with van der Waals surface area (Å²) < 4.78 is 8.62. The summed E-state index contributed by atoms with van der Waals surface area (Å²) >= 11 is 0. The van der Waals surface area contributed by atoms with Crippen LogP contribution in [0.3, 0.4) is 0 Å². The molecule has 1 atom stereocenters. The topological polar surface area (TPSA) is 50.6 Å². The molecule has 1 aromatic heterocycles. The van der Waals surface area contributed by atoms with Crippen molar-refractivity contribution in [3.8, 4) is 5.75 Å². The maximum atomic E-state index is 13.9. The van der Waals surface area contributed by atoms with Crippen molar-refractivity contribution < 1.29 is 9.53 Å². The van der Waals surface area contributed by atoms with Crippen LogP contribution in [0.1, 0.15) is 51.8 Å². The molecule has 0 saturated carbocycles. The van der Waals surface area contributed by atoms with Crippen LogP contribution < -0.4 is 9.64 Å². The zero-order valence-electron chi connectivity index (χ0n) is 23.1. The zero-order valence-corrected chi connectivity index (χ0v) is 23.1. The highest BCUT2D eigenvalue weighted by Crippen LogP contribution is 2.30. The molecule has 38 heavy (non-hydrogen) atoms. The monoisotopic (exact) mass is 512 g/mol. The lowest BCUT2D eigenvalue weighted by molar-refractivity contribution is -0.126. The number of benzene rings is 2. The molecule has 200 valence electrons. The molecule has 1 amide bonds. The molecular weight excluding hydrogens is 472 g/mol. The van der Waals surface area contributed by atoms with E-state index >= 15 is 0 Å². The maximum Gasteiger partial charge on any atom is 0.244 e. The first-order valence-corrected chi connectivity index (χ1v) is 14.0. The third-order valence-electron chi connectivity index (χ3n) is 6.96. The minimum Gasteiger partial charge on any atom is -0.461 e. The Morgan fingerprint density at radius 1 is 0.921 bits per heavy atom. The van der Waals surface area contributed by atoms with Gasteiger partial charge >= 0.3 is 0 Å². The fourth-order valence-corrected chi connectivity index (χ4v) is 5.18. The summed E-state index contributed by atoms with van der Waals surface area (Å²) in [6.45, 7) is 10.9. The molecule has 3 heterocycles. The number of nitrogens with zero attached hydrogens (tertiary/aromatic N) is 4. The smallest absolute Gasteiger partial charge is 0.244 e. The number of hydrogen-bond donors (Lipinski definition) is 0. The molecule has 1 saturated heterocycles. The van der Waals surface area contributed by atoms with E-state index in [2.05, 4.69) is 32.7 Å². The van der Waals surface area contributed by atoms with Gasteiger partial charge in [0.2, 0.25) is 5.91 Å². The summed E-state index contributed by atoms with van der Waals surface area (Å²) in [6.07, 6.45) is 10.7. The molecule has 0 spiro atoms. The van der Waals surface area contributed by atoms with Gasteiger partial charge in [0, 0.05) is 50.9 Å². The zero-order chi connectivity index (χ0) is 26.9. The first-order valence-electron chi connectivity index (χ1n) is 14.0. The van der Waals surface area contributed by atoms with Crippen LogP contribution in [0.5, 0.6) is 5.75 Å². The predicted octanol–water partition coefficient (Wildman–Crippen LogP) is 6.39. The van der Waals surface area contributed by atoms with E-state index < -0.39 is 0 Å². The molecule has 0 radical (unpaired) electrons. The molecule has 3 aromatic rings. The van der Waals surface area contributed by atoms with Gasteiger partial charge in [0.15, 0.2) is 0 Å². The SMILES string of the molecule is CC.CC.O=C1C2Cc3ccccc3OC3=CC(=CCC3)Cn3cncc3CN2CCN1c1ccccc1. The summed E-state index contributed by atoms with van der Waals surface area (Å²) in [5.74, 6) is 1.96. The Morgan fingerprint density at radius 3 is 2.50 bits per heavy atom. The second-order valence-electron chi connectivity index (χ2n) is 9.17. The number of amides is 1. The van der Waals surface area contributed by atoms with Crippen molar-refractivity contribution in [1.29, 1.82) is 0 Å². The predicted molar refractivity (Wildman–Crippen MR) is 154 cm³/mol. The minimum atomic E-state index is -0.282. The Bertz CT molecular complexity index is 1260. The largest absolute Gasteiger partial charge is 0.461 e. The quantitative estimate of drug-likeness (QED) is 0.379. The molecule has 2 aliphatic heterocycles. The van der Waals surface area contributed by atoms with E-state index in [9.17, 15) is 4.79 Å². The van der Waals surface area contributed by atoms with E-state index in [1.807, 2.05) is 93.6 Å². The maximum absolute atomic E-state index is 13.9. The molecule has 6 heteroatoms. The lowest BCUT2D eigenvalue weighted by Crippen LogP contribution is -2.57.